The number of nitriles is 1. The van der Waals surface area contributed by atoms with Crippen LogP contribution >= 0.6 is 0 Å². The Morgan fingerprint density at radius 3 is 2.41 bits per heavy atom. The second kappa shape index (κ2) is 5.29. The molecule has 5 heteroatoms. The van der Waals surface area contributed by atoms with Crippen LogP contribution in [0.4, 0.5) is 0 Å². The van der Waals surface area contributed by atoms with Crippen molar-refractivity contribution in [2.45, 2.75) is 51.7 Å². The molecule has 22 heavy (non-hydrogen) atoms. The molecule has 1 saturated carbocycles. The topological polar surface area (TPSA) is 51.5 Å². The predicted molar refractivity (Wildman–Crippen MR) is 85.1 cm³/mol. The van der Waals surface area contributed by atoms with E-state index in [1.165, 1.54) is 12.8 Å². The highest BCUT2D eigenvalue weighted by atomic mass is 16.7. The zero-order valence-corrected chi connectivity index (χ0v) is 13.7. The van der Waals surface area contributed by atoms with Crippen molar-refractivity contribution in [1.82, 2.24) is 0 Å². The summed E-state index contributed by atoms with van der Waals surface area (Å²) in [7, 11) is -0.466. The van der Waals surface area contributed by atoms with Gasteiger partial charge in [0.1, 0.15) is 5.75 Å². The Morgan fingerprint density at radius 2 is 1.86 bits per heavy atom. The fourth-order valence-electron chi connectivity index (χ4n) is 2.39. The summed E-state index contributed by atoms with van der Waals surface area (Å²) < 4.78 is 18.1. The fraction of sp³-hybridized carbons (Fsp3) is 0.588. The Balaban J connectivity index is 1.87. The van der Waals surface area contributed by atoms with E-state index in [-0.39, 0.29) is 11.2 Å². The molecule has 1 aromatic rings. The van der Waals surface area contributed by atoms with Gasteiger partial charge in [-0.25, -0.2) is 0 Å². The molecule has 4 nitrogen and oxygen atoms in total. The molecule has 116 valence electrons. The molecule has 1 saturated heterocycles. The number of benzene rings is 1. The van der Waals surface area contributed by atoms with Gasteiger partial charge in [0.25, 0.3) is 0 Å². The monoisotopic (exact) mass is 299 g/mol. The average molecular weight is 299 g/mol. The molecule has 1 heterocycles. The van der Waals surface area contributed by atoms with Crippen molar-refractivity contribution in [2.75, 3.05) is 6.61 Å². The summed E-state index contributed by atoms with van der Waals surface area (Å²) in [5.74, 6) is 1.35. The normalized spacial score (nSPS) is 22.4. The molecule has 2 aliphatic rings. The zero-order chi connectivity index (χ0) is 16.0. The van der Waals surface area contributed by atoms with Crippen LogP contribution in [-0.4, -0.2) is 24.9 Å². The molecule has 1 aliphatic carbocycles. The fourth-order valence-corrected chi connectivity index (χ4v) is 2.39. The lowest BCUT2D eigenvalue weighted by atomic mass is 9.78. The third-order valence-electron chi connectivity index (χ3n) is 4.82. The Morgan fingerprint density at radius 1 is 1.23 bits per heavy atom. The minimum absolute atomic E-state index is 0.390. The highest BCUT2D eigenvalue weighted by Crippen LogP contribution is 2.37. The molecule has 0 unspecified atom stereocenters. The summed E-state index contributed by atoms with van der Waals surface area (Å²) in [6.07, 6.45) is 2.45. The summed E-state index contributed by atoms with van der Waals surface area (Å²) in [4.78, 5) is 0. The van der Waals surface area contributed by atoms with Crippen molar-refractivity contribution in [1.29, 1.82) is 5.26 Å². The van der Waals surface area contributed by atoms with Crippen molar-refractivity contribution < 1.29 is 14.0 Å². The lowest BCUT2D eigenvalue weighted by Crippen LogP contribution is -2.41. The Bertz CT molecular complexity index is 601. The van der Waals surface area contributed by atoms with Gasteiger partial charge in [0.15, 0.2) is 0 Å². The molecule has 0 aromatic heterocycles. The van der Waals surface area contributed by atoms with Crippen LogP contribution in [-0.2, 0) is 9.31 Å². The van der Waals surface area contributed by atoms with Crippen LogP contribution in [0.1, 0.15) is 46.1 Å². The summed E-state index contributed by atoms with van der Waals surface area (Å²) >= 11 is 0. The number of rotatable bonds is 4. The summed E-state index contributed by atoms with van der Waals surface area (Å²) in [6.45, 7) is 8.81. The van der Waals surface area contributed by atoms with Crippen LogP contribution in [0.2, 0.25) is 0 Å². The Hall–Kier alpha value is -1.51. The predicted octanol–water partition coefficient (Wildman–Crippen LogP) is 2.65. The van der Waals surface area contributed by atoms with Gasteiger partial charge >= 0.3 is 7.12 Å². The highest BCUT2D eigenvalue weighted by Gasteiger charge is 2.52. The second-order valence-corrected chi connectivity index (χ2v) is 7.21. The van der Waals surface area contributed by atoms with E-state index in [4.69, 9.17) is 19.3 Å². The molecule has 2 fully saturated rings. The molecular formula is C17H22BNO3. The van der Waals surface area contributed by atoms with Crippen molar-refractivity contribution in [3.8, 4) is 11.8 Å². The quantitative estimate of drug-likeness (QED) is 0.802. The van der Waals surface area contributed by atoms with Crippen molar-refractivity contribution in [3.05, 3.63) is 23.8 Å². The molecule has 0 radical (unpaired) electrons. The van der Waals surface area contributed by atoms with E-state index in [1.54, 1.807) is 12.1 Å². The molecule has 1 aliphatic heterocycles. The third kappa shape index (κ3) is 2.86. The van der Waals surface area contributed by atoms with Crippen LogP contribution < -0.4 is 10.2 Å². The van der Waals surface area contributed by atoms with E-state index in [9.17, 15) is 0 Å². The van der Waals surface area contributed by atoms with E-state index in [1.807, 2.05) is 33.8 Å². The van der Waals surface area contributed by atoms with Crippen LogP contribution in [0.5, 0.6) is 5.75 Å². The van der Waals surface area contributed by atoms with Crippen molar-refractivity contribution >= 4 is 12.6 Å². The smallest absolute Gasteiger partial charge is 0.494 e. The third-order valence-corrected chi connectivity index (χ3v) is 4.82. The molecular weight excluding hydrogens is 277 g/mol. The largest absolute Gasteiger partial charge is 0.498 e. The van der Waals surface area contributed by atoms with Crippen molar-refractivity contribution in [2.24, 2.45) is 5.92 Å². The molecule has 3 rings (SSSR count). The van der Waals surface area contributed by atoms with E-state index in [2.05, 4.69) is 6.07 Å². The summed E-state index contributed by atoms with van der Waals surface area (Å²) in [5.41, 5.74) is 0.669. The number of hydrogen-bond donors (Lipinski definition) is 0. The minimum Gasteiger partial charge on any atom is -0.494 e. The van der Waals surface area contributed by atoms with Gasteiger partial charge in [0.2, 0.25) is 0 Å². The van der Waals surface area contributed by atoms with Gasteiger partial charge < -0.3 is 14.0 Å². The van der Waals surface area contributed by atoms with Gasteiger partial charge in [-0.05, 0) is 58.6 Å². The van der Waals surface area contributed by atoms with Gasteiger partial charge in [0.05, 0.1) is 29.4 Å². The highest BCUT2D eigenvalue weighted by molar-refractivity contribution is 6.63. The van der Waals surface area contributed by atoms with E-state index < -0.39 is 7.12 Å². The first kappa shape index (κ1) is 15.4. The van der Waals surface area contributed by atoms with Gasteiger partial charge in [-0.2, -0.15) is 5.26 Å². The van der Waals surface area contributed by atoms with E-state index in [0.717, 1.165) is 5.46 Å². The minimum atomic E-state index is -0.466. The lowest BCUT2D eigenvalue weighted by Gasteiger charge is -2.32. The van der Waals surface area contributed by atoms with Gasteiger partial charge in [-0.1, -0.05) is 6.07 Å². The van der Waals surface area contributed by atoms with Gasteiger partial charge in [-0.15, -0.1) is 0 Å². The molecule has 1 aromatic carbocycles. The number of ether oxygens (including phenoxy) is 1. The lowest BCUT2D eigenvalue weighted by molar-refractivity contribution is 0.00578. The van der Waals surface area contributed by atoms with E-state index in [0.29, 0.717) is 23.8 Å². The summed E-state index contributed by atoms with van der Waals surface area (Å²) in [5, 5.41) is 9.11. The standard InChI is InChI=1S/C17H22BNO3/c1-16(2)17(3,4)22-18(21-16)14-8-7-13(10-19)9-15(14)20-11-12-5-6-12/h7-9,12H,5-6,11H2,1-4H3. The molecule has 0 amide bonds. The maximum Gasteiger partial charge on any atom is 0.498 e. The molecule has 0 atom stereocenters. The van der Waals surface area contributed by atoms with Gasteiger partial charge in [-0.3, -0.25) is 0 Å². The molecule has 0 N–H and O–H groups in total. The Labute approximate surface area is 132 Å². The Kier molecular flexibility index (Phi) is 3.70. The van der Waals surface area contributed by atoms with Crippen LogP contribution in [0, 0.1) is 17.2 Å². The summed E-state index contributed by atoms with van der Waals surface area (Å²) in [6, 6.07) is 7.60. The first-order chi connectivity index (χ1) is 10.3. The maximum atomic E-state index is 9.11. The first-order valence-corrected chi connectivity index (χ1v) is 7.85. The first-order valence-electron chi connectivity index (χ1n) is 7.85. The van der Waals surface area contributed by atoms with E-state index >= 15 is 0 Å². The molecule has 0 spiro atoms. The number of hydrogen-bond acceptors (Lipinski definition) is 4. The number of nitrogens with zero attached hydrogens (tertiary/aromatic N) is 1. The molecule has 0 bridgehead atoms. The zero-order valence-electron chi connectivity index (χ0n) is 13.7. The van der Waals surface area contributed by atoms with Crippen LogP contribution in [0.25, 0.3) is 0 Å². The SMILES string of the molecule is CC1(C)OB(c2ccc(C#N)cc2OCC2CC2)OC1(C)C. The van der Waals surface area contributed by atoms with Gasteiger partial charge in [0, 0.05) is 5.46 Å². The average Bonchev–Trinajstić information content (AvgIpc) is 3.24. The van der Waals surface area contributed by atoms with Crippen LogP contribution in [0.15, 0.2) is 18.2 Å². The van der Waals surface area contributed by atoms with Crippen molar-refractivity contribution in [3.63, 3.8) is 0 Å². The second-order valence-electron chi connectivity index (χ2n) is 7.21. The maximum absolute atomic E-state index is 9.11. The van der Waals surface area contributed by atoms with Crippen LogP contribution in [0.3, 0.4) is 0 Å².